The van der Waals surface area contributed by atoms with E-state index in [4.69, 9.17) is 27.9 Å². The predicted molar refractivity (Wildman–Crippen MR) is 107 cm³/mol. The Morgan fingerprint density at radius 1 is 1.15 bits per heavy atom. The van der Waals surface area contributed by atoms with Gasteiger partial charge in [-0.15, -0.1) is 0 Å². The van der Waals surface area contributed by atoms with Crippen molar-refractivity contribution < 1.29 is 14.3 Å². The van der Waals surface area contributed by atoms with Crippen LogP contribution >= 0.6 is 23.2 Å². The molecular weight excluding hydrogens is 387 g/mol. The number of carbonyl (C=O) groups excluding carboxylic acids is 2. The van der Waals surface area contributed by atoms with Crippen molar-refractivity contribution in [2.45, 2.75) is 19.3 Å². The van der Waals surface area contributed by atoms with Crippen LogP contribution in [0.5, 0.6) is 0 Å². The number of cyclic esters (lactones) is 1. The Morgan fingerprint density at radius 2 is 1.85 bits per heavy atom. The molecule has 0 unspecified atom stereocenters. The number of nitrogens with zero attached hydrogens (tertiary/aromatic N) is 1. The highest BCUT2D eigenvalue weighted by Gasteiger charge is 2.24. The van der Waals surface area contributed by atoms with Crippen LogP contribution in [-0.4, -0.2) is 31.7 Å². The highest BCUT2D eigenvalue weighted by molar-refractivity contribution is 6.42. The number of benzene rings is 2. The van der Waals surface area contributed by atoms with Gasteiger partial charge in [0.25, 0.3) is 5.91 Å². The van der Waals surface area contributed by atoms with Crippen LogP contribution in [0.2, 0.25) is 10.0 Å². The van der Waals surface area contributed by atoms with Crippen molar-refractivity contribution in [2.24, 2.45) is 0 Å². The van der Waals surface area contributed by atoms with Gasteiger partial charge < -0.3 is 10.1 Å². The van der Waals surface area contributed by atoms with Crippen molar-refractivity contribution >= 4 is 40.9 Å². The fourth-order valence-corrected chi connectivity index (χ4v) is 3.14. The van der Waals surface area contributed by atoms with Crippen molar-refractivity contribution in [3.63, 3.8) is 0 Å². The van der Waals surface area contributed by atoms with E-state index in [1.807, 2.05) is 26.0 Å². The van der Waals surface area contributed by atoms with E-state index in [9.17, 15) is 9.59 Å². The van der Waals surface area contributed by atoms with Crippen molar-refractivity contribution in [3.05, 3.63) is 63.6 Å². The fourth-order valence-electron chi connectivity index (χ4n) is 2.84. The maximum absolute atomic E-state index is 12.5. The van der Waals surface area contributed by atoms with Gasteiger partial charge in [0.2, 0.25) is 0 Å². The Labute approximate surface area is 168 Å². The van der Waals surface area contributed by atoms with Crippen molar-refractivity contribution in [1.82, 2.24) is 5.32 Å². The second-order valence-electron chi connectivity index (χ2n) is 7.01. The molecule has 1 saturated heterocycles. The molecule has 0 saturated carbocycles. The third-order valence-electron chi connectivity index (χ3n) is 4.59. The summed E-state index contributed by atoms with van der Waals surface area (Å²) >= 11 is 12.1. The van der Waals surface area contributed by atoms with E-state index in [0.717, 1.165) is 5.56 Å². The van der Waals surface area contributed by atoms with Gasteiger partial charge in [0, 0.05) is 23.2 Å². The molecule has 1 N–H and O–H groups in total. The number of hydrogen-bond acceptors (Lipinski definition) is 3. The molecule has 7 heteroatoms. The molecule has 2 aromatic rings. The molecule has 2 aromatic carbocycles. The first-order valence-corrected chi connectivity index (χ1v) is 9.31. The zero-order valence-electron chi connectivity index (χ0n) is 15.1. The number of carbonyl (C=O) groups is 2. The summed E-state index contributed by atoms with van der Waals surface area (Å²) in [6.07, 6.45) is -0.365. The molecule has 0 spiro atoms. The van der Waals surface area contributed by atoms with Gasteiger partial charge in [0.1, 0.15) is 6.61 Å². The molecule has 0 radical (unpaired) electrons. The fraction of sp³-hybridized carbons (Fsp3) is 0.300. The summed E-state index contributed by atoms with van der Waals surface area (Å²) in [5.41, 5.74) is 1.91. The van der Waals surface area contributed by atoms with Crippen LogP contribution in [0.4, 0.5) is 10.5 Å². The predicted octanol–water partition coefficient (Wildman–Crippen LogP) is 4.66. The Kier molecular flexibility index (Phi) is 5.63. The Morgan fingerprint density at radius 3 is 2.44 bits per heavy atom. The van der Waals surface area contributed by atoms with Crippen molar-refractivity contribution in [3.8, 4) is 0 Å². The lowest BCUT2D eigenvalue weighted by Gasteiger charge is -2.26. The monoisotopic (exact) mass is 406 g/mol. The molecule has 1 heterocycles. The second kappa shape index (κ2) is 7.79. The first-order chi connectivity index (χ1) is 12.8. The molecule has 2 amide bonds. The number of halogens is 2. The topological polar surface area (TPSA) is 58.6 Å². The Bertz CT molecular complexity index is 866. The van der Waals surface area contributed by atoms with Crippen molar-refractivity contribution in [1.29, 1.82) is 0 Å². The summed E-state index contributed by atoms with van der Waals surface area (Å²) in [4.78, 5) is 25.6. The SMILES string of the molecule is CC(C)(CNC(=O)c1ccc(N2CCOC2=O)cc1)c1ccc(Cl)c(Cl)c1. The molecule has 0 aromatic heterocycles. The molecule has 1 aliphatic heterocycles. The third kappa shape index (κ3) is 4.37. The number of amides is 2. The van der Waals surface area contributed by atoms with E-state index >= 15 is 0 Å². The third-order valence-corrected chi connectivity index (χ3v) is 5.33. The van der Waals surface area contributed by atoms with Crippen LogP contribution in [0.15, 0.2) is 42.5 Å². The van der Waals surface area contributed by atoms with Crippen LogP contribution in [0.25, 0.3) is 0 Å². The van der Waals surface area contributed by atoms with Crippen LogP contribution < -0.4 is 10.2 Å². The lowest BCUT2D eigenvalue weighted by Crippen LogP contribution is -2.36. The second-order valence-corrected chi connectivity index (χ2v) is 7.82. The zero-order chi connectivity index (χ0) is 19.6. The van der Waals surface area contributed by atoms with Gasteiger partial charge in [-0.3, -0.25) is 9.69 Å². The molecular formula is C20H20Cl2N2O3. The highest BCUT2D eigenvalue weighted by Crippen LogP contribution is 2.29. The van der Waals surface area contributed by atoms with Gasteiger partial charge in [-0.05, 0) is 42.0 Å². The molecule has 142 valence electrons. The summed E-state index contributed by atoms with van der Waals surface area (Å²) in [6, 6.07) is 12.4. The van der Waals surface area contributed by atoms with Crippen LogP contribution in [0, 0.1) is 0 Å². The Balaban J connectivity index is 1.64. The van der Waals surface area contributed by atoms with E-state index < -0.39 is 0 Å². The molecule has 1 fully saturated rings. The van der Waals surface area contributed by atoms with Crippen LogP contribution in [0.3, 0.4) is 0 Å². The zero-order valence-corrected chi connectivity index (χ0v) is 16.6. The maximum Gasteiger partial charge on any atom is 0.414 e. The maximum atomic E-state index is 12.5. The summed E-state index contributed by atoms with van der Waals surface area (Å²) in [6.45, 7) is 5.38. The first-order valence-electron chi connectivity index (χ1n) is 8.56. The summed E-state index contributed by atoms with van der Waals surface area (Å²) < 4.78 is 4.92. The number of rotatable bonds is 5. The molecule has 1 aliphatic rings. The molecule has 5 nitrogen and oxygen atoms in total. The van der Waals surface area contributed by atoms with E-state index in [1.54, 1.807) is 30.3 Å². The number of ether oxygens (including phenoxy) is 1. The van der Waals surface area contributed by atoms with Gasteiger partial charge >= 0.3 is 6.09 Å². The van der Waals surface area contributed by atoms with Gasteiger partial charge in [-0.25, -0.2) is 4.79 Å². The minimum absolute atomic E-state index is 0.182. The summed E-state index contributed by atoms with van der Waals surface area (Å²) in [7, 11) is 0. The van der Waals surface area contributed by atoms with E-state index in [1.165, 1.54) is 4.90 Å². The largest absolute Gasteiger partial charge is 0.447 e. The van der Waals surface area contributed by atoms with Crippen LogP contribution in [-0.2, 0) is 10.2 Å². The summed E-state index contributed by atoms with van der Waals surface area (Å²) in [5.74, 6) is -0.182. The molecule has 0 bridgehead atoms. The lowest BCUT2D eigenvalue weighted by atomic mass is 9.84. The minimum atomic E-state index is -0.365. The van der Waals surface area contributed by atoms with E-state index in [2.05, 4.69) is 5.32 Å². The minimum Gasteiger partial charge on any atom is -0.447 e. The quantitative estimate of drug-likeness (QED) is 0.785. The van der Waals surface area contributed by atoms with Gasteiger partial charge in [-0.1, -0.05) is 43.1 Å². The average Bonchev–Trinajstić information content (AvgIpc) is 3.08. The smallest absolute Gasteiger partial charge is 0.414 e. The standard InChI is InChI=1S/C20H20Cl2N2O3/c1-20(2,14-5-8-16(21)17(22)11-14)12-23-18(25)13-3-6-15(7-4-13)24-9-10-27-19(24)26/h3-8,11H,9-10,12H2,1-2H3,(H,23,25). The lowest BCUT2D eigenvalue weighted by molar-refractivity contribution is 0.0945. The number of nitrogens with one attached hydrogen (secondary N) is 1. The summed E-state index contributed by atoms with van der Waals surface area (Å²) in [5, 5.41) is 3.94. The number of hydrogen-bond donors (Lipinski definition) is 1. The normalized spacial score (nSPS) is 14.2. The number of anilines is 1. The molecule has 3 rings (SSSR count). The molecule has 0 atom stereocenters. The van der Waals surface area contributed by atoms with E-state index in [0.29, 0.717) is 41.0 Å². The van der Waals surface area contributed by atoms with Gasteiger partial charge in [0.15, 0.2) is 0 Å². The van der Waals surface area contributed by atoms with Crippen LogP contribution in [0.1, 0.15) is 29.8 Å². The highest BCUT2D eigenvalue weighted by atomic mass is 35.5. The van der Waals surface area contributed by atoms with Gasteiger partial charge in [0.05, 0.1) is 16.6 Å². The van der Waals surface area contributed by atoms with E-state index in [-0.39, 0.29) is 17.4 Å². The average molecular weight is 407 g/mol. The van der Waals surface area contributed by atoms with Gasteiger partial charge in [-0.2, -0.15) is 0 Å². The Hall–Kier alpha value is -2.24. The van der Waals surface area contributed by atoms with Crippen molar-refractivity contribution in [2.75, 3.05) is 24.6 Å². The first kappa shape index (κ1) is 19.5. The molecule has 27 heavy (non-hydrogen) atoms. The molecule has 0 aliphatic carbocycles.